The van der Waals surface area contributed by atoms with Crippen molar-refractivity contribution < 1.29 is 4.39 Å². The number of hydrogen-bond donors (Lipinski definition) is 2. The fourth-order valence-corrected chi connectivity index (χ4v) is 2.09. The van der Waals surface area contributed by atoms with Gasteiger partial charge in [-0.25, -0.2) is 4.39 Å². The van der Waals surface area contributed by atoms with Crippen molar-refractivity contribution in [2.24, 2.45) is 4.99 Å². The SMILES string of the molecule is CN=C(NC)NCc1ccc(F)cc1CSC.I. The van der Waals surface area contributed by atoms with Crippen LogP contribution in [0.4, 0.5) is 4.39 Å². The highest BCUT2D eigenvalue weighted by Crippen LogP contribution is 2.16. The van der Waals surface area contributed by atoms with E-state index in [-0.39, 0.29) is 29.8 Å². The predicted molar refractivity (Wildman–Crippen MR) is 88.3 cm³/mol. The van der Waals surface area contributed by atoms with Gasteiger partial charge >= 0.3 is 0 Å². The highest BCUT2D eigenvalue weighted by atomic mass is 127. The standard InChI is InChI=1S/C12H18FN3S.HI/c1-14-12(15-2)16-7-9-4-5-11(13)6-10(9)8-17-3;/h4-6H,7-8H2,1-3H3,(H2,14,15,16);1H. The Morgan fingerprint density at radius 1 is 1.39 bits per heavy atom. The maximum absolute atomic E-state index is 13.1. The Bertz CT molecular complexity index is 399. The molecule has 1 rings (SSSR count). The van der Waals surface area contributed by atoms with Crippen LogP contribution in [0.2, 0.25) is 0 Å². The highest BCUT2D eigenvalue weighted by Gasteiger charge is 2.04. The van der Waals surface area contributed by atoms with E-state index < -0.39 is 0 Å². The van der Waals surface area contributed by atoms with Crippen molar-refractivity contribution in [3.05, 3.63) is 35.1 Å². The molecule has 1 aromatic carbocycles. The molecular weight excluding hydrogens is 364 g/mol. The van der Waals surface area contributed by atoms with Crippen molar-refractivity contribution in [3.8, 4) is 0 Å². The maximum atomic E-state index is 13.1. The minimum absolute atomic E-state index is 0. The predicted octanol–water partition coefficient (Wildman–Crippen LogP) is 2.60. The van der Waals surface area contributed by atoms with Gasteiger partial charge in [0.2, 0.25) is 0 Å². The van der Waals surface area contributed by atoms with Gasteiger partial charge in [0.15, 0.2) is 5.96 Å². The molecule has 0 atom stereocenters. The zero-order valence-electron chi connectivity index (χ0n) is 10.8. The molecule has 0 aliphatic rings. The number of nitrogens with one attached hydrogen (secondary N) is 2. The molecule has 2 N–H and O–H groups in total. The maximum Gasteiger partial charge on any atom is 0.190 e. The number of halogens is 2. The van der Waals surface area contributed by atoms with Crippen molar-refractivity contribution in [2.75, 3.05) is 20.4 Å². The third-order valence-electron chi connectivity index (χ3n) is 2.37. The minimum atomic E-state index is -0.184. The van der Waals surface area contributed by atoms with Crippen LogP contribution in [0.5, 0.6) is 0 Å². The van der Waals surface area contributed by atoms with E-state index in [1.165, 1.54) is 6.07 Å². The van der Waals surface area contributed by atoms with Crippen LogP contribution in [0.25, 0.3) is 0 Å². The summed E-state index contributed by atoms with van der Waals surface area (Å²) in [6.07, 6.45) is 2.01. The average Bonchev–Trinajstić information content (AvgIpc) is 2.33. The average molecular weight is 383 g/mol. The van der Waals surface area contributed by atoms with Crippen LogP contribution >= 0.6 is 35.7 Å². The summed E-state index contributed by atoms with van der Waals surface area (Å²) in [7, 11) is 3.52. The molecule has 0 spiro atoms. The third-order valence-corrected chi connectivity index (χ3v) is 2.97. The molecule has 0 bridgehead atoms. The molecule has 0 aliphatic carbocycles. The zero-order valence-corrected chi connectivity index (χ0v) is 13.9. The lowest BCUT2D eigenvalue weighted by atomic mass is 10.1. The summed E-state index contributed by atoms with van der Waals surface area (Å²) < 4.78 is 13.1. The van der Waals surface area contributed by atoms with Gasteiger partial charge in [-0.05, 0) is 29.5 Å². The van der Waals surface area contributed by atoms with Gasteiger partial charge < -0.3 is 10.6 Å². The fourth-order valence-electron chi connectivity index (χ4n) is 1.52. The smallest absolute Gasteiger partial charge is 0.190 e. The molecule has 0 unspecified atom stereocenters. The number of rotatable bonds is 4. The number of guanidine groups is 1. The van der Waals surface area contributed by atoms with Crippen molar-refractivity contribution in [2.45, 2.75) is 12.3 Å². The van der Waals surface area contributed by atoms with E-state index in [2.05, 4.69) is 15.6 Å². The van der Waals surface area contributed by atoms with Gasteiger partial charge in [-0.15, -0.1) is 24.0 Å². The van der Waals surface area contributed by atoms with Gasteiger partial charge in [0.25, 0.3) is 0 Å². The molecule has 1 aromatic rings. The summed E-state index contributed by atoms with van der Waals surface area (Å²) in [6, 6.07) is 4.90. The third kappa shape index (κ3) is 5.43. The number of hydrogen-bond acceptors (Lipinski definition) is 2. The van der Waals surface area contributed by atoms with Crippen LogP contribution in [0.1, 0.15) is 11.1 Å². The topological polar surface area (TPSA) is 36.4 Å². The van der Waals surface area contributed by atoms with Gasteiger partial charge in [0, 0.05) is 26.4 Å². The van der Waals surface area contributed by atoms with Crippen LogP contribution in [-0.2, 0) is 12.3 Å². The first-order valence-electron chi connectivity index (χ1n) is 5.36. The van der Waals surface area contributed by atoms with E-state index >= 15 is 0 Å². The first kappa shape index (κ1) is 17.5. The second kappa shape index (κ2) is 9.43. The second-order valence-corrected chi connectivity index (χ2v) is 4.39. The Morgan fingerprint density at radius 2 is 2.11 bits per heavy atom. The quantitative estimate of drug-likeness (QED) is 0.477. The van der Waals surface area contributed by atoms with Gasteiger partial charge in [-0.3, -0.25) is 4.99 Å². The van der Waals surface area contributed by atoms with Crippen LogP contribution in [0.15, 0.2) is 23.2 Å². The largest absolute Gasteiger partial charge is 0.359 e. The van der Waals surface area contributed by atoms with Crippen molar-refractivity contribution in [3.63, 3.8) is 0 Å². The molecule has 0 radical (unpaired) electrons. The summed E-state index contributed by atoms with van der Waals surface area (Å²) in [5.41, 5.74) is 2.12. The summed E-state index contributed by atoms with van der Waals surface area (Å²) in [6.45, 7) is 0.643. The van der Waals surface area contributed by atoms with Crippen LogP contribution in [0, 0.1) is 5.82 Å². The fraction of sp³-hybridized carbons (Fsp3) is 0.417. The molecule has 0 aliphatic heterocycles. The van der Waals surface area contributed by atoms with E-state index in [4.69, 9.17) is 0 Å². The Morgan fingerprint density at radius 3 is 2.67 bits per heavy atom. The first-order valence-corrected chi connectivity index (χ1v) is 6.75. The molecular formula is C12H19FIN3S. The van der Waals surface area contributed by atoms with Gasteiger partial charge in [-0.2, -0.15) is 11.8 Å². The van der Waals surface area contributed by atoms with Crippen LogP contribution in [0.3, 0.4) is 0 Å². The summed E-state index contributed by atoms with van der Waals surface area (Å²) >= 11 is 1.68. The van der Waals surface area contributed by atoms with Crippen LogP contribution < -0.4 is 10.6 Å². The lowest BCUT2D eigenvalue weighted by Crippen LogP contribution is -2.34. The van der Waals surface area contributed by atoms with Crippen LogP contribution in [-0.4, -0.2) is 26.3 Å². The number of nitrogens with zero attached hydrogens (tertiary/aromatic N) is 1. The first-order chi connectivity index (χ1) is 8.21. The molecule has 0 aromatic heterocycles. The molecule has 0 amide bonds. The van der Waals surface area contributed by atoms with E-state index in [1.54, 1.807) is 24.9 Å². The highest BCUT2D eigenvalue weighted by molar-refractivity contribution is 14.0. The van der Waals surface area contributed by atoms with Crippen molar-refractivity contribution >= 4 is 41.7 Å². The molecule has 6 heteroatoms. The van der Waals surface area contributed by atoms with Gasteiger partial charge in [-0.1, -0.05) is 6.07 Å². The molecule has 0 saturated heterocycles. The molecule has 18 heavy (non-hydrogen) atoms. The summed E-state index contributed by atoms with van der Waals surface area (Å²) in [4.78, 5) is 4.03. The number of thioether (sulfide) groups is 1. The van der Waals surface area contributed by atoms with E-state index in [9.17, 15) is 4.39 Å². The zero-order chi connectivity index (χ0) is 12.7. The summed E-state index contributed by atoms with van der Waals surface area (Å²) in [5, 5.41) is 6.11. The molecule has 0 fully saturated rings. The van der Waals surface area contributed by atoms with E-state index in [1.807, 2.05) is 19.4 Å². The van der Waals surface area contributed by atoms with Crippen molar-refractivity contribution in [1.29, 1.82) is 0 Å². The number of aliphatic imine (C=N–C) groups is 1. The Balaban J connectivity index is 0.00000289. The normalized spacial score (nSPS) is 10.8. The minimum Gasteiger partial charge on any atom is -0.359 e. The van der Waals surface area contributed by atoms with Gasteiger partial charge in [0.1, 0.15) is 5.82 Å². The Hall–Kier alpha value is -0.500. The van der Waals surface area contributed by atoms with Gasteiger partial charge in [0.05, 0.1) is 0 Å². The molecule has 102 valence electrons. The monoisotopic (exact) mass is 383 g/mol. The lowest BCUT2D eigenvalue weighted by Gasteiger charge is -2.12. The summed E-state index contributed by atoms with van der Waals surface area (Å²) in [5.74, 6) is 1.35. The van der Waals surface area contributed by atoms with E-state index in [0.717, 1.165) is 22.8 Å². The van der Waals surface area contributed by atoms with E-state index in [0.29, 0.717) is 6.54 Å². The Labute approximate surface area is 129 Å². The molecule has 3 nitrogen and oxygen atoms in total. The second-order valence-electron chi connectivity index (χ2n) is 3.52. The molecule has 0 saturated carbocycles. The Kier molecular flexibility index (Phi) is 9.17. The molecule has 0 heterocycles. The number of benzene rings is 1. The lowest BCUT2D eigenvalue weighted by molar-refractivity contribution is 0.625. The van der Waals surface area contributed by atoms with Crippen molar-refractivity contribution in [1.82, 2.24) is 10.6 Å².